The number of H-pyrrole nitrogens is 2. The first-order chi connectivity index (χ1) is 15.6. The van der Waals surface area contributed by atoms with E-state index in [-0.39, 0.29) is 12.5 Å². The van der Waals surface area contributed by atoms with Crippen LogP contribution in [0.15, 0.2) is 52.3 Å². The first-order valence-electron chi connectivity index (χ1n) is 10.8. The minimum absolute atomic E-state index is 0.0128. The summed E-state index contributed by atoms with van der Waals surface area (Å²) in [5.41, 5.74) is 1.66. The summed E-state index contributed by atoms with van der Waals surface area (Å²) >= 11 is 0. The van der Waals surface area contributed by atoms with Crippen LogP contribution < -0.4 is 10.1 Å². The van der Waals surface area contributed by atoms with Crippen LogP contribution in [0.25, 0.3) is 10.9 Å². The Balaban J connectivity index is 0.00000141. The standard InChI is InChI=1S/C21H24FN7O.C2H6/c1-14-11-19(28-27-14)26-18(23-2)12-20(29-9-3-4-10-29)25-13-30-17-6-5-16-15(21(17)22)7-8-24-16;1-2/h5-8,11-12,24H,2-4,9-10,13H2,1H3,(H2,26,27,28);1-2H3/b18-12+,25-20+;. The van der Waals surface area contributed by atoms with Gasteiger partial charge in [-0.1, -0.05) is 13.8 Å². The van der Waals surface area contributed by atoms with Gasteiger partial charge in [0.1, 0.15) is 11.7 Å². The molecule has 0 amide bonds. The number of amidine groups is 1. The Morgan fingerprint density at radius 1 is 1.31 bits per heavy atom. The molecule has 1 aromatic carbocycles. The molecule has 0 radical (unpaired) electrons. The van der Waals surface area contributed by atoms with Crippen molar-refractivity contribution in [1.82, 2.24) is 20.1 Å². The van der Waals surface area contributed by atoms with E-state index in [2.05, 4.69) is 42.1 Å². The second kappa shape index (κ2) is 11.1. The van der Waals surface area contributed by atoms with Gasteiger partial charge in [-0.25, -0.2) is 14.4 Å². The molecule has 8 nitrogen and oxygen atoms in total. The number of hydrogen-bond donors (Lipinski definition) is 3. The quantitative estimate of drug-likeness (QED) is 0.362. The van der Waals surface area contributed by atoms with Gasteiger partial charge in [0.25, 0.3) is 0 Å². The zero-order valence-electron chi connectivity index (χ0n) is 18.8. The number of nitrogens with one attached hydrogen (secondary N) is 3. The van der Waals surface area contributed by atoms with Gasteiger partial charge in [0.2, 0.25) is 0 Å². The molecule has 1 saturated heterocycles. The maximum atomic E-state index is 14.6. The number of aromatic nitrogens is 3. The van der Waals surface area contributed by atoms with Crippen molar-refractivity contribution in [3.8, 4) is 5.75 Å². The molecule has 0 unspecified atom stereocenters. The predicted molar refractivity (Wildman–Crippen MR) is 128 cm³/mol. The second-order valence-electron chi connectivity index (χ2n) is 7.05. The summed E-state index contributed by atoms with van der Waals surface area (Å²) < 4.78 is 20.2. The summed E-state index contributed by atoms with van der Waals surface area (Å²) in [4.78, 5) is 13.7. The Labute approximate surface area is 187 Å². The Morgan fingerprint density at radius 2 is 2.09 bits per heavy atom. The van der Waals surface area contributed by atoms with Crippen LogP contribution in [0.4, 0.5) is 10.2 Å². The van der Waals surface area contributed by atoms with Gasteiger partial charge in [-0.3, -0.25) is 5.10 Å². The summed E-state index contributed by atoms with van der Waals surface area (Å²) in [5, 5.41) is 10.6. The lowest BCUT2D eigenvalue weighted by Gasteiger charge is -2.18. The number of fused-ring (bicyclic) bond motifs is 1. The Kier molecular flexibility index (Phi) is 8.02. The van der Waals surface area contributed by atoms with Crippen LogP contribution in [0.3, 0.4) is 0 Å². The topological polar surface area (TPSA) is 93.7 Å². The first-order valence-corrected chi connectivity index (χ1v) is 10.8. The van der Waals surface area contributed by atoms with E-state index in [4.69, 9.17) is 4.74 Å². The Morgan fingerprint density at radius 3 is 2.78 bits per heavy atom. The largest absolute Gasteiger partial charge is 0.468 e. The number of benzene rings is 1. The number of aryl methyl sites for hydroxylation is 1. The van der Waals surface area contributed by atoms with Crippen molar-refractivity contribution in [3.63, 3.8) is 0 Å². The molecule has 3 heterocycles. The molecule has 9 heteroatoms. The number of aromatic amines is 2. The fraction of sp³-hybridized carbons (Fsp3) is 0.348. The van der Waals surface area contributed by atoms with Crippen LogP contribution in [-0.4, -0.2) is 52.5 Å². The highest BCUT2D eigenvalue weighted by Gasteiger charge is 2.16. The van der Waals surface area contributed by atoms with Crippen molar-refractivity contribution in [2.75, 3.05) is 25.1 Å². The molecule has 170 valence electrons. The molecule has 0 bridgehead atoms. The number of rotatable bonds is 7. The van der Waals surface area contributed by atoms with Crippen molar-refractivity contribution in [3.05, 3.63) is 53.9 Å². The lowest BCUT2D eigenvalue weighted by atomic mass is 10.2. The van der Waals surface area contributed by atoms with Gasteiger partial charge in [-0.15, -0.1) is 0 Å². The number of ether oxygens (including phenoxy) is 1. The van der Waals surface area contributed by atoms with E-state index in [0.29, 0.717) is 22.9 Å². The summed E-state index contributed by atoms with van der Waals surface area (Å²) in [6.07, 6.45) is 5.69. The van der Waals surface area contributed by atoms with Crippen LogP contribution in [0.1, 0.15) is 32.4 Å². The Hall–Kier alpha value is -3.62. The highest BCUT2D eigenvalue weighted by atomic mass is 19.1. The van der Waals surface area contributed by atoms with Gasteiger partial charge in [0.05, 0.1) is 0 Å². The van der Waals surface area contributed by atoms with Crippen LogP contribution >= 0.6 is 0 Å². The van der Waals surface area contributed by atoms with Gasteiger partial charge in [0.15, 0.2) is 24.1 Å². The molecule has 3 N–H and O–H groups in total. The van der Waals surface area contributed by atoms with E-state index in [9.17, 15) is 4.39 Å². The number of halogens is 1. The average molecular weight is 440 g/mol. The molecule has 0 aliphatic carbocycles. The third-order valence-electron chi connectivity index (χ3n) is 4.91. The van der Waals surface area contributed by atoms with Crippen LogP contribution in [0.2, 0.25) is 0 Å². The number of aliphatic imine (C=N–C) groups is 2. The summed E-state index contributed by atoms with van der Waals surface area (Å²) in [6, 6.07) is 6.94. The predicted octanol–water partition coefficient (Wildman–Crippen LogP) is 4.85. The second-order valence-corrected chi connectivity index (χ2v) is 7.05. The number of likely N-dealkylation sites (tertiary alicyclic amines) is 1. The van der Waals surface area contributed by atoms with Crippen molar-refractivity contribution in [2.45, 2.75) is 33.6 Å². The molecule has 2 aromatic heterocycles. The van der Waals surface area contributed by atoms with Crippen LogP contribution in [-0.2, 0) is 0 Å². The minimum atomic E-state index is -0.397. The van der Waals surface area contributed by atoms with Gasteiger partial charge >= 0.3 is 0 Å². The molecule has 1 aliphatic heterocycles. The molecule has 0 saturated carbocycles. The van der Waals surface area contributed by atoms with Crippen molar-refractivity contribution in [2.24, 2.45) is 9.98 Å². The monoisotopic (exact) mass is 439 g/mol. The van der Waals surface area contributed by atoms with Crippen LogP contribution in [0, 0.1) is 12.7 Å². The first kappa shape index (κ1) is 23.1. The van der Waals surface area contributed by atoms with Gasteiger partial charge < -0.3 is 19.9 Å². The molecule has 0 spiro atoms. The third kappa shape index (κ3) is 5.54. The lowest BCUT2D eigenvalue weighted by molar-refractivity contribution is 0.312. The van der Waals surface area contributed by atoms with Gasteiger partial charge in [-0.05, 0) is 44.7 Å². The van der Waals surface area contributed by atoms with Crippen molar-refractivity contribution >= 4 is 29.3 Å². The average Bonchev–Trinajstić information content (AvgIpc) is 3.57. The van der Waals surface area contributed by atoms with Crippen molar-refractivity contribution < 1.29 is 9.13 Å². The molecule has 0 atom stereocenters. The van der Waals surface area contributed by atoms with Gasteiger partial charge in [0, 0.05) is 48.0 Å². The number of nitrogens with zero attached hydrogens (tertiary/aromatic N) is 4. The molecular formula is C23H30FN7O. The molecule has 32 heavy (non-hydrogen) atoms. The third-order valence-corrected chi connectivity index (χ3v) is 4.91. The summed E-state index contributed by atoms with van der Waals surface area (Å²) in [5.74, 6) is 1.64. The van der Waals surface area contributed by atoms with Crippen molar-refractivity contribution in [1.29, 1.82) is 0 Å². The lowest BCUT2D eigenvalue weighted by Crippen LogP contribution is -2.27. The van der Waals surface area contributed by atoms with Gasteiger partial charge in [-0.2, -0.15) is 5.10 Å². The fourth-order valence-electron chi connectivity index (χ4n) is 3.40. The van der Waals surface area contributed by atoms with E-state index in [1.54, 1.807) is 30.5 Å². The molecular weight excluding hydrogens is 409 g/mol. The Bertz CT molecular complexity index is 1090. The molecule has 4 rings (SSSR count). The number of anilines is 1. The zero-order chi connectivity index (χ0) is 22.9. The normalized spacial score (nSPS) is 14.3. The SMILES string of the molecule is C=N/C(=C\C(=N/COc1ccc2[nH]ccc2c1F)N1CCCC1)Nc1cc(C)[nH]n1.CC. The smallest absolute Gasteiger partial charge is 0.181 e. The summed E-state index contributed by atoms with van der Waals surface area (Å²) in [6.45, 7) is 11.3. The zero-order valence-corrected chi connectivity index (χ0v) is 18.8. The number of hydrogen-bond acceptors (Lipinski definition) is 5. The minimum Gasteiger partial charge on any atom is -0.468 e. The molecule has 1 fully saturated rings. The highest BCUT2D eigenvalue weighted by molar-refractivity contribution is 5.94. The highest BCUT2D eigenvalue weighted by Crippen LogP contribution is 2.25. The van der Waals surface area contributed by atoms with E-state index in [1.165, 1.54) is 0 Å². The van der Waals surface area contributed by atoms with E-state index in [1.807, 2.05) is 26.8 Å². The maximum absolute atomic E-state index is 14.6. The maximum Gasteiger partial charge on any atom is 0.181 e. The van der Waals surface area contributed by atoms with Crippen LogP contribution in [0.5, 0.6) is 5.75 Å². The summed E-state index contributed by atoms with van der Waals surface area (Å²) in [7, 11) is 0. The molecule has 1 aliphatic rings. The van der Waals surface area contributed by atoms with E-state index >= 15 is 0 Å². The van der Waals surface area contributed by atoms with E-state index in [0.717, 1.165) is 37.1 Å². The molecule has 3 aromatic rings. The van der Waals surface area contributed by atoms with E-state index < -0.39 is 5.82 Å². The fourth-order valence-corrected chi connectivity index (χ4v) is 3.40.